The SMILES string of the molecule is O=C(NCC1CCC(O)C1)c1cc(-c2ccco2)on1. The number of nitrogens with zero attached hydrogens (tertiary/aromatic N) is 1. The van der Waals surface area contributed by atoms with Crippen LogP contribution < -0.4 is 5.32 Å². The largest absolute Gasteiger partial charge is 0.461 e. The molecule has 1 aliphatic rings. The molecule has 1 aliphatic carbocycles. The second-order valence-electron chi connectivity index (χ2n) is 5.10. The summed E-state index contributed by atoms with van der Waals surface area (Å²) in [5.41, 5.74) is 0.231. The molecule has 0 saturated heterocycles. The van der Waals surface area contributed by atoms with Crippen molar-refractivity contribution >= 4 is 5.91 Å². The summed E-state index contributed by atoms with van der Waals surface area (Å²) in [5, 5.41) is 16.0. The van der Waals surface area contributed by atoms with E-state index in [9.17, 15) is 9.90 Å². The lowest BCUT2D eigenvalue weighted by molar-refractivity contribution is 0.0936. The molecule has 0 bridgehead atoms. The highest BCUT2D eigenvalue weighted by Gasteiger charge is 2.23. The van der Waals surface area contributed by atoms with Gasteiger partial charge in [-0.25, -0.2) is 0 Å². The van der Waals surface area contributed by atoms with Gasteiger partial charge < -0.3 is 19.4 Å². The summed E-state index contributed by atoms with van der Waals surface area (Å²) in [4.78, 5) is 11.9. The van der Waals surface area contributed by atoms with Crippen molar-refractivity contribution in [3.63, 3.8) is 0 Å². The van der Waals surface area contributed by atoms with Crippen LogP contribution in [0.4, 0.5) is 0 Å². The molecule has 106 valence electrons. The Labute approximate surface area is 115 Å². The van der Waals surface area contributed by atoms with Crippen LogP contribution in [0.3, 0.4) is 0 Å². The standard InChI is InChI=1S/C14H16N2O4/c17-10-4-3-9(6-10)8-15-14(18)11-7-13(20-16-11)12-2-1-5-19-12/h1-2,5,7,9-10,17H,3-4,6,8H2,(H,15,18). The molecule has 0 spiro atoms. The van der Waals surface area contributed by atoms with E-state index in [-0.39, 0.29) is 17.7 Å². The van der Waals surface area contributed by atoms with Gasteiger partial charge in [0.1, 0.15) is 0 Å². The number of aromatic nitrogens is 1. The second-order valence-corrected chi connectivity index (χ2v) is 5.10. The molecule has 1 amide bonds. The van der Waals surface area contributed by atoms with Crippen molar-refractivity contribution in [2.45, 2.75) is 25.4 Å². The summed E-state index contributed by atoms with van der Waals surface area (Å²) in [6.07, 6.45) is 3.81. The van der Waals surface area contributed by atoms with Gasteiger partial charge in [0.25, 0.3) is 5.91 Å². The number of furan rings is 1. The average Bonchev–Trinajstić information content (AvgIpc) is 3.16. The molecular weight excluding hydrogens is 260 g/mol. The van der Waals surface area contributed by atoms with E-state index in [4.69, 9.17) is 8.94 Å². The van der Waals surface area contributed by atoms with Gasteiger partial charge in [-0.15, -0.1) is 0 Å². The molecule has 6 heteroatoms. The van der Waals surface area contributed by atoms with Gasteiger partial charge in [-0.1, -0.05) is 5.16 Å². The number of hydrogen-bond acceptors (Lipinski definition) is 5. The fourth-order valence-corrected chi connectivity index (χ4v) is 2.48. The van der Waals surface area contributed by atoms with Crippen LogP contribution in [0.25, 0.3) is 11.5 Å². The van der Waals surface area contributed by atoms with Crippen LogP contribution in [-0.4, -0.2) is 28.8 Å². The second kappa shape index (κ2) is 5.50. The summed E-state index contributed by atoms with van der Waals surface area (Å²) in [7, 11) is 0. The zero-order chi connectivity index (χ0) is 13.9. The van der Waals surface area contributed by atoms with Crippen molar-refractivity contribution in [1.29, 1.82) is 0 Å². The maximum absolute atomic E-state index is 11.9. The molecule has 20 heavy (non-hydrogen) atoms. The first-order valence-electron chi connectivity index (χ1n) is 6.69. The van der Waals surface area contributed by atoms with E-state index in [2.05, 4.69) is 10.5 Å². The number of aliphatic hydroxyl groups excluding tert-OH is 1. The van der Waals surface area contributed by atoms with Crippen molar-refractivity contribution in [2.75, 3.05) is 6.54 Å². The molecule has 2 unspecified atom stereocenters. The number of rotatable bonds is 4. The van der Waals surface area contributed by atoms with E-state index in [0.29, 0.717) is 24.0 Å². The Morgan fingerprint density at radius 1 is 1.45 bits per heavy atom. The van der Waals surface area contributed by atoms with Gasteiger partial charge >= 0.3 is 0 Å². The topological polar surface area (TPSA) is 88.5 Å². The third-order valence-corrected chi connectivity index (χ3v) is 3.57. The van der Waals surface area contributed by atoms with Gasteiger partial charge in [0, 0.05) is 12.6 Å². The van der Waals surface area contributed by atoms with Crippen LogP contribution in [0, 0.1) is 5.92 Å². The van der Waals surface area contributed by atoms with Gasteiger partial charge in [0.05, 0.1) is 12.4 Å². The quantitative estimate of drug-likeness (QED) is 0.889. The molecule has 2 N–H and O–H groups in total. The fourth-order valence-electron chi connectivity index (χ4n) is 2.48. The van der Waals surface area contributed by atoms with E-state index in [1.807, 2.05) is 0 Å². The van der Waals surface area contributed by atoms with Crippen molar-refractivity contribution in [3.8, 4) is 11.5 Å². The molecule has 2 heterocycles. The molecule has 2 atom stereocenters. The highest BCUT2D eigenvalue weighted by atomic mass is 16.5. The molecule has 1 saturated carbocycles. The molecule has 0 aromatic carbocycles. The lowest BCUT2D eigenvalue weighted by atomic mass is 10.1. The van der Waals surface area contributed by atoms with Crippen LogP contribution in [0.1, 0.15) is 29.8 Å². The Balaban J connectivity index is 1.57. The Hall–Kier alpha value is -2.08. The van der Waals surface area contributed by atoms with Gasteiger partial charge in [0.15, 0.2) is 11.5 Å². The van der Waals surface area contributed by atoms with Gasteiger partial charge in [-0.3, -0.25) is 4.79 Å². The van der Waals surface area contributed by atoms with Crippen molar-refractivity contribution < 1.29 is 18.8 Å². The third kappa shape index (κ3) is 2.75. The Kier molecular flexibility index (Phi) is 3.56. The number of carbonyl (C=O) groups is 1. The third-order valence-electron chi connectivity index (χ3n) is 3.57. The number of hydrogen-bond donors (Lipinski definition) is 2. The molecular formula is C14H16N2O4. The first kappa shape index (κ1) is 12.9. The summed E-state index contributed by atoms with van der Waals surface area (Å²) >= 11 is 0. The van der Waals surface area contributed by atoms with Crippen molar-refractivity contribution in [1.82, 2.24) is 10.5 Å². The monoisotopic (exact) mass is 276 g/mol. The minimum Gasteiger partial charge on any atom is -0.461 e. The smallest absolute Gasteiger partial charge is 0.273 e. The normalized spacial score (nSPS) is 22.1. The van der Waals surface area contributed by atoms with Crippen LogP contribution in [0.2, 0.25) is 0 Å². The molecule has 3 rings (SSSR count). The van der Waals surface area contributed by atoms with Crippen LogP contribution in [0.5, 0.6) is 0 Å². The molecule has 2 aromatic rings. The van der Waals surface area contributed by atoms with Crippen LogP contribution in [-0.2, 0) is 0 Å². The van der Waals surface area contributed by atoms with Gasteiger partial charge in [-0.2, -0.15) is 0 Å². The molecule has 0 aliphatic heterocycles. The maximum atomic E-state index is 11.9. The minimum atomic E-state index is -0.270. The summed E-state index contributed by atoms with van der Waals surface area (Å²) in [6.45, 7) is 0.554. The molecule has 1 fully saturated rings. The van der Waals surface area contributed by atoms with E-state index in [0.717, 1.165) is 19.3 Å². The van der Waals surface area contributed by atoms with Gasteiger partial charge in [-0.05, 0) is 37.3 Å². The number of carbonyl (C=O) groups excluding carboxylic acids is 1. The highest BCUT2D eigenvalue weighted by Crippen LogP contribution is 2.25. The van der Waals surface area contributed by atoms with E-state index in [1.165, 1.54) is 6.26 Å². The first-order valence-corrected chi connectivity index (χ1v) is 6.69. The first-order chi connectivity index (χ1) is 9.72. The Morgan fingerprint density at radius 2 is 2.35 bits per heavy atom. The minimum absolute atomic E-state index is 0.227. The number of amides is 1. The zero-order valence-electron chi connectivity index (χ0n) is 10.9. The zero-order valence-corrected chi connectivity index (χ0v) is 10.9. The highest BCUT2D eigenvalue weighted by molar-refractivity contribution is 5.92. The average molecular weight is 276 g/mol. The lowest BCUT2D eigenvalue weighted by Gasteiger charge is -2.09. The number of nitrogens with one attached hydrogen (secondary N) is 1. The summed E-state index contributed by atoms with van der Waals surface area (Å²) in [5.74, 6) is 1.03. The predicted molar refractivity (Wildman–Crippen MR) is 69.9 cm³/mol. The van der Waals surface area contributed by atoms with Crippen molar-refractivity contribution in [2.24, 2.45) is 5.92 Å². The lowest BCUT2D eigenvalue weighted by Crippen LogP contribution is -2.28. The summed E-state index contributed by atoms with van der Waals surface area (Å²) in [6, 6.07) is 5.03. The van der Waals surface area contributed by atoms with E-state index in [1.54, 1.807) is 18.2 Å². The predicted octanol–water partition coefficient (Wildman–Crippen LogP) is 1.83. The van der Waals surface area contributed by atoms with Crippen LogP contribution >= 0.6 is 0 Å². The van der Waals surface area contributed by atoms with Crippen LogP contribution in [0.15, 0.2) is 33.4 Å². The van der Waals surface area contributed by atoms with Crippen molar-refractivity contribution in [3.05, 3.63) is 30.2 Å². The molecule has 0 radical (unpaired) electrons. The molecule has 6 nitrogen and oxygen atoms in total. The molecule has 2 aromatic heterocycles. The number of aliphatic hydroxyl groups is 1. The Morgan fingerprint density at radius 3 is 3.05 bits per heavy atom. The fraction of sp³-hybridized carbons (Fsp3) is 0.429. The van der Waals surface area contributed by atoms with E-state index < -0.39 is 0 Å². The maximum Gasteiger partial charge on any atom is 0.273 e. The summed E-state index contributed by atoms with van der Waals surface area (Å²) < 4.78 is 10.2. The van der Waals surface area contributed by atoms with Gasteiger partial charge in [0.2, 0.25) is 5.76 Å². The Bertz CT molecular complexity index is 576. The van der Waals surface area contributed by atoms with E-state index >= 15 is 0 Å².